The number of unbranched alkanes of at least 4 members (excludes halogenated alkanes) is 3. The van der Waals surface area contributed by atoms with Gasteiger partial charge in [-0.15, -0.1) is 11.8 Å². The number of hydrogen-bond acceptors (Lipinski definition) is 2. The van der Waals surface area contributed by atoms with Gasteiger partial charge in [-0.2, -0.15) is 0 Å². The molecule has 1 rings (SSSR count). The van der Waals surface area contributed by atoms with Crippen molar-refractivity contribution < 1.29 is 4.79 Å². The van der Waals surface area contributed by atoms with Gasteiger partial charge in [-0.3, -0.25) is 4.79 Å². The lowest BCUT2D eigenvalue weighted by atomic mass is 9.93. The molecule has 0 bridgehead atoms. The van der Waals surface area contributed by atoms with Crippen LogP contribution in [0.4, 0.5) is 0 Å². The molecule has 0 aliphatic rings. The van der Waals surface area contributed by atoms with Crippen molar-refractivity contribution in [2.45, 2.75) is 64.2 Å². The lowest BCUT2D eigenvalue weighted by Crippen LogP contribution is -2.12. The van der Waals surface area contributed by atoms with Gasteiger partial charge in [0.05, 0.1) is 0 Å². The van der Waals surface area contributed by atoms with Crippen molar-refractivity contribution in [2.75, 3.05) is 5.75 Å². The Labute approximate surface area is 128 Å². The van der Waals surface area contributed by atoms with Gasteiger partial charge in [0.1, 0.15) is 0 Å². The van der Waals surface area contributed by atoms with Gasteiger partial charge in [0.2, 0.25) is 0 Å². The lowest BCUT2D eigenvalue weighted by Gasteiger charge is -2.11. The molecule has 1 nitrogen and oxygen atoms in total. The second-order valence-electron chi connectivity index (χ2n) is 5.31. The fourth-order valence-electron chi connectivity index (χ4n) is 2.33. The standard InChI is InChI=1S/C18H28OS/c1-4-7-8-9-14-20-17-12-10-16(11-13-17)18(19)15(5-2)6-3/h10-13,15H,4-9,14H2,1-3H3. The second kappa shape index (κ2) is 10.0. The van der Waals surface area contributed by atoms with E-state index in [9.17, 15) is 4.79 Å². The largest absolute Gasteiger partial charge is 0.294 e. The highest BCUT2D eigenvalue weighted by Gasteiger charge is 2.15. The summed E-state index contributed by atoms with van der Waals surface area (Å²) in [6.45, 7) is 6.42. The lowest BCUT2D eigenvalue weighted by molar-refractivity contribution is 0.0913. The predicted octanol–water partition coefficient (Wildman–Crippen LogP) is 5.98. The molecule has 0 heterocycles. The molecule has 112 valence electrons. The van der Waals surface area contributed by atoms with Crippen LogP contribution in [0.5, 0.6) is 0 Å². The smallest absolute Gasteiger partial charge is 0.165 e. The highest BCUT2D eigenvalue weighted by molar-refractivity contribution is 7.99. The predicted molar refractivity (Wildman–Crippen MR) is 89.7 cm³/mol. The molecule has 1 aromatic carbocycles. The summed E-state index contributed by atoms with van der Waals surface area (Å²) < 4.78 is 0. The molecule has 20 heavy (non-hydrogen) atoms. The minimum atomic E-state index is 0.183. The van der Waals surface area contributed by atoms with Crippen LogP contribution in [0.2, 0.25) is 0 Å². The third-order valence-corrected chi connectivity index (χ3v) is 4.86. The van der Waals surface area contributed by atoms with E-state index in [4.69, 9.17) is 0 Å². The zero-order valence-corrected chi connectivity index (χ0v) is 14.0. The van der Waals surface area contributed by atoms with Crippen molar-refractivity contribution in [1.82, 2.24) is 0 Å². The van der Waals surface area contributed by atoms with Crippen molar-refractivity contribution in [1.29, 1.82) is 0 Å². The average molecular weight is 292 g/mol. The summed E-state index contributed by atoms with van der Waals surface area (Å²) in [5, 5.41) is 0. The number of carbonyl (C=O) groups is 1. The molecule has 2 heteroatoms. The Kier molecular flexibility index (Phi) is 8.68. The Morgan fingerprint density at radius 1 is 1.00 bits per heavy atom. The second-order valence-corrected chi connectivity index (χ2v) is 6.48. The first-order valence-corrected chi connectivity index (χ1v) is 8.98. The van der Waals surface area contributed by atoms with Gasteiger partial charge in [0, 0.05) is 16.4 Å². The van der Waals surface area contributed by atoms with E-state index in [-0.39, 0.29) is 5.92 Å². The maximum Gasteiger partial charge on any atom is 0.165 e. The summed E-state index contributed by atoms with van der Waals surface area (Å²) >= 11 is 1.90. The SMILES string of the molecule is CCCCCCSc1ccc(C(=O)C(CC)CC)cc1. The molecule has 0 aliphatic carbocycles. The maximum absolute atomic E-state index is 12.2. The van der Waals surface area contributed by atoms with E-state index in [1.807, 2.05) is 23.9 Å². The van der Waals surface area contributed by atoms with Gasteiger partial charge in [-0.05, 0) is 37.1 Å². The first-order chi connectivity index (χ1) is 9.72. The summed E-state index contributed by atoms with van der Waals surface area (Å²) in [6, 6.07) is 8.18. The molecule has 0 spiro atoms. The van der Waals surface area contributed by atoms with Gasteiger partial charge in [-0.25, -0.2) is 0 Å². The molecule has 0 aliphatic heterocycles. The quantitative estimate of drug-likeness (QED) is 0.300. The highest BCUT2D eigenvalue weighted by atomic mass is 32.2. The Balaban J connectivity index is 2.45. The third-order valence-electron chi connectivity index (χ3n) is 3.76. The molecule has 0 aromatic heterocycles. The van der Waals surface area contributed by atoms with Crippen LogP contribution in [-0.2, 0) is 0 Å². The first-order valence-electron chi connectivity index (χ1n) is 7.99. The Morgan fingerprint density at radius 2 is 1.65 bits per heavy atom. The summed E-state index contributed by atoms with van der Waals surface area (Å²) in [5.74, 6) is 1.66. The molecule has 0 unspecified atom stereocenters. The van der Waals surface area contributed by atoms with E-state index in [2.05, 4.69) is 32.9 Å². The molecule has 0 atom stereocenters. The number of thioether (sulfide) groups is 1. The van der Waals surface area contributed by atoms with Gasteiger partial charge >= 0.3 is 0 Å². The van der Waals surface area contributed by atoms with Crippen molar-refractivity contribution in [3.63, 3.8) is 0 Å². The fourth-order valence-corrected chi connectivity index (χ4v) is 3.24. The van der Waals surface area contributed by atoms with Crippen molar-refractivity contribution >= 4 is 17.5 Å². The molecular weight excluding hydrogens is 264 g/mol. The van der Waals surface area contributed by atoms with Crippen molar-refractivity contribution in [3.8, 4) is 0 Å². The van der Waals surface area contributed by atoms with Crippen LogP contribution < -0.4 is 0 Å². The summed E-state index contributed by atoms with van der Waals surface area (Å²) in [7, 11) is 0. The van der Waals surface area contributed by atoms with Crippen molar-refractivity contribution in [2.24, 2.45) is 5.92 Å². The molecule has 0 N–H and O–H groups in total. The van der Waals surface area contributed by atoms with E-state index in [1.54, 1.807) is 0 Å². The minimum Gasteiger partial charge on any atom is -0.294 e. The van der Waals surface area contributed by atoms with E-state index in [0.717, 1.165) is 18.4 Å². The van der Waals surface area contributed by atoms with Gasteiger partial charge < -0.3 is 0 Å². The summed E-state index contributed by atoms with van der Waals surface area (Å²) in [6.07, 6.45) is 7.11. The highest BCUT2D eigenvalue weighted by Crippen LogP contribution is 2.22. The van der Waals surface area contributed by atoms with Gasteiger partial charge in [0.25, 0.3) is 0 Å². The molecule has 0 fully saturated rings. The van der Waals surface area contributed by atoms with E-state index in [1.165, 1.54) is 36.3 Å². The average Bonchev–Trinajstić information content (AvgIpc) is 2.49. The Hall–Kier alpha value is -0.760. The van der Waals surface area contributed by atoms with Crippen LogP contribution in [0.25, 0.3) is 0 Å². The number of Topliss-reactive ketones (excluding diaryl/α,β-unsaturated/α-hetero) is 1. The molecular formula is C18H28OS. The van der Waals surface area contributed by atoms with Crippen LogP contribution in [0.3, 0.4) is 0 Å². The summed E-state index contributed by atoms with van der Waals surface area (Å²) in [5.41, 5.74) is 0.869. The van der Waals surface area contributed by atoms with Gasteiger partial charge in [-0.1, -0.05) is 52.2 Å². The number of rotatable bonds is 10. The van der Waals surface area contributed by atoms with Crippen LogP contribution >= 0.6 is 11.8 Å². The number of benzene rings is 1. The molecule has 1 aromatic rings. The van der Waals surface area contributed by atoms with Crippen LogP contribution in [0, 0.1) is 5.92 Å². The van der Waals surface area contributed by atoms with E-state index < -0.39 is 0 Å². The van der Waals surface area contributed by atoms with Crippen LogP contribution in [-0.4, -0.2) is 11.5 Å². The number of hydrogen-bond donors (Lipinski definition) is 0. The normalized spacial score (nSPS) is 11.0. The monoisotopic (exact) mass is 292 g/mol. The zero-order chi connectivity index (χ0) is 14.8. The van der Waals surface area contributed by atoms with E-state index in [0.29, 0.717) is 5.78 Å². The Bertz CT molecular complexity index is 379. The van der Waals surface area contributed by atoms with Crippen LogP contribution in [0.15, 0.2) is 29.2 Å². The molecule has 0 radical (unpaired) electrons. The topological polar surface area (TPSA) is 17.1 Å². The maximum atomic E-state index is 12.2. The van der Waals surface area contributed by atoms with Crippen molar-refractivity contribution in [3.05, 3.63) is 29.8 Å². The zero-order valence-electron chi connectivity index (χ0n) is 13.2. The fraction of sp³-hybridized carbons (Fsp3) is 0.611. The molecule has 0 amide bonds. The number of ketones is 1. The number of carbonyl (C=O) groups excluding carboxylic acids is 1. The first kappa shape index (κ1) is 17.3. The van der Waals surface area contributed by atoms with Gasteiger partial charge in [0.15, 0.2) is 5.78 Å². The third kappa shape index (κ3) is 5.70. The van der Waals surface area contributed by atoms with E-state index >= 15 is 0 Å². The minimum absolute atomic E-state index is 0.183. The van der Waals surface area contributed by atoms with Crippen LogP contribution in [0.1, 0.15) is 69.7 Å². The molecule has 0 saturated carbocycles. The Morgan fingerprint density at radius 3 is 2.20 bits per heavy atom. The molecule has 0 saturated heterocycles. The summed E-state index contributed by atoms with van der Waals surface area (Å²) in [4.78, 5) is 13.5.